The van der Waals surface area contributed by atoms with Gasteiger partial charge in [0.15, 0.2) is 0 Å². The van der Waals surface area contributed by atoms with Crippen LogP contribution in [0.15, 0.2) is 0 Å². The lowest BCUT2D eigenvalue weighted by Crippen LogP contribution is -2.58. The number of fused-ring (bicyclic) bond motifs is 6. The molecule has 9 aliphatic carbocycles. The molecule has 13 atom stereocenters. The molecule has 248 valence electrons. The van der Waals surface area contributed by atoms with Crippen molar-refractivity contribution in [1.29, 1.82) is 0 Å². The summed E-state index contributed by atoms with van der Waals surface area (Å²) in [7, 11) is 0. The summed E-state index contributed by atoms with van der Waals surface area (Å²) in [5.74, 6) is 18.1. The molecule has 0 aromatic heterocycles. The van der Waals surface area contributed by atoms with E-state index in [9.17, 15) is 0 Å². The third-order valence-corrected chi connectivity index (χ3v) is 18.3. The minimum Gasteiger partial charge on any atom is -0.0533 e. The average Bonchev–Trinajstić information content (AvgIpc) is 3.10. The van der Waals surface area contributed by atoms with E-state index in [4.69, 9.17) is 0 Å². The van der Waals surface area contributed by atoms with Crippen molar-refractivity contribution >= 4 is 0 Å². The summed E-state index contributed by atoms with van der Waals surface area (Å²) in [5.41, 5.74) is 0. The summed E-state index contributed by atoms with van der Waals surface area (Å²) in [6.07, 6.45) is 45.2. The van der Waals surface area contributed by atoms with E-state index in [1.54, 1.807) is 173 Å². The van der Waals surface area contributed by atoms with Gasteiger partial charge in [0.1, 0.15) is 0 Å². The first-order valence-electron chi connectivity index (χ1n) is 21.8. The van der Waals surface area contributed by atoms with Crippen LogP contribution in [0.3, 0.4) is 0 Å². The molecule has 0 bridgehead atoms. The van der Waals surface area contributed by atoms with Crippen LogP contribution >= 0.6 is 0 Å². The van der Waals surface area contributed by atoms with Crippen molar-refractivity contribution in [3.05, 3.63) is 0 Å². The molecule has 0 N–H and O–H groups in total. The van der Waals surface area contributed by atoms with E-state index in [0.717, 1.165) is 94.7 Å². The third kappa shape index (κ3) is 5.53. The second-order valence-corrected chi connectivity index (χ2v) is 19.8. The van der Waals surface area contributed by atoms with Crippen LogP contribution in [0.5, 0.6) is 0 Å². The van der Waals surface area contributed by atoms with E-state index in [2.05, 4.69) is 0 Å². The molecule has 0 nitrogen and oxygen atoms in total. The minimum absolute atomic E-state index is 1.12. The first-order chi connectivity index (χ1) is 21.8. The van der Waals surface area contributed by atoms with E-state index in [0.29, 0.717) is 0 Å². The summed E-state index contributed by atoms with van der Waals surface area (Å²) in [4.78, 5) is 0. The lowest BCUT2D eigenvalue weighted by Gasteiger charge is -2.65. The Labute approximate surface area is 273 Å². The molecule has 0 heterocycles. The fourth-order valence-electron chi connectivity index (χ4n) is 16.7. The summed E-state index contributed by atoms with van der Waals surface area (Å²) in [6.45, 7) is 0. The minimum atomic E-state index is 1.12. The predicted molar refractivity (Wildman–Crippen MR) is 185 cm³/mol. The summed E-state index contributed by atoms with van der Waals surface area (Å²) < 4.78 is 0. The van der Waals surface area contributed by atoms with Crippen LogP contribution in [0.1, 0.15) is 180 Å². The number of hydrogen-bond donors (Lipinski definition) is 0. The molecule has 0 heteroatoms. The monoisotopic (exact) mass is 601 g/mol. The van der Waals surface area contributed by atoms with Gasteiger partial charge in [0.2, 0.25) is 0 Å². The lowest BCUT2D eigenvalue weighted by atomic mass is 9.40. The molecule has 9 saturated carbocycles. The Balaban J connectivity index is 1.05. The predicted octanol–water partition coefficient (Wildman–Crippen LogP) is 12.9. The van der Waals surface area contributed by atoms with E-state index < -0.39 is 0 Å². The molecule has 13 unspecified atom stereocenters. The second kappa shape index (κ2) is 13.1. The Morgan fingerprint density at radius 1 is 0.182 bits per heavy atom. The molecule has 9 fully saturated rings. The third-order valence-electron chi connectivity index (χ3n) is 18.3. The van der Waals surface area contributed by atoms with Crippen LogP contribution in [0.2, 0.25) is 0 Å². The van der Waals surface area contributed by atoms with E-state index in [-0.39, 0.29) is 0 Å². The first-order valence-corrected chi connectivity index (χ1v) is 21.8. The van der Waals surface area contributed by atoms with Gasteiger partial charge in [0, 0.05) is 0 Å². The summed E-state index contributed by atoms with van der Waals surface area (Å²) >= 11 is 0. The van der Waals surface area contributed by atoms with Crippen LogP contribution in [-0.2, 0) is 0 Å². The normalized spacial score (nSPS) is 50.9. The topological polar surface area (TPSA) is 0 Å². The molecule has 0 radical (unpaired) electrons. The molecule has 0 aromatic rings. The van der Waals surface area contributed by atoms with Crippen molar-refractivity contribution in [2.45, 2.75) is 180 Å². The highest BCUT2D eigenvalue weighted by molar-refractivity contribution is 5.09. The molecule has 0 spiro atoms. The van der Waals surface area contributed by atoms with Gasteiger partial charge in [-0.05, 0) is 159 Å². The molecule has 0 amide bonds. The zero-order valence-corrected chi connectivity index (χ0v) is 29.0. The van der Waals surface area contributed by atoms with E-state index in [1.165, 1.54) is 6.42 Å². The highest BCUT2D eigenvalue weighted by Crippen LogP contribution is 2.67. The van der Waals surface area contributed by atoms with Gasteiger partial charge in [-0.3, -0.25) is 0 Å². The van der Waals surface area contributed by atoms with Gasteiger partial charge < -0.3 is 0 Å². The molecule has 0 saturated heterocycles. The van der Waals surface area contributed by atoms with Crippen molar-refractivity contribution in [3.8, 4) is 0 Å². The van der Waals surface area contributed by atoms with Crippen LogP contribution in [0, 0.1) is 94.7 Å². The van der Waals surface area contributed by atoms with E-state index >= 15 is 0 Å². The molecular formula is C44H72. The highest BCUT2D eigenvalue weighted by Gasteiger charge is 2.60. The zero-order chi connectivity index (χ0) is 29.0. The van der Waals surface area contributed by atoms with Crippen molar-refractivity contribution in [2.75, 3.05) is 0 Å². The summed E-state index contributed by atoms with van der Waals surface area (Å²) in [5, 5.41) is 0. The smallest absolute Gasteiger partial charge is 0.0323 e. The number of hydrogen-bond acceptors (Lipinski definition) is 0. The molecule has 0 aromatic carbocycles. The average molecular weight is 601 g/mol. The fraction of sp³-hybridized carbons (Fsp3) is 1.00. The van der Waals surface area contributed by atoms with Crippen LogP contribution in [-0.4, -0.2) is 0 Å². The van der Waals surface area contributed by atoms with Crippen molar-refractivity contribution in [1.82, 2.24) is 0 Å². The van der Waals surface area contributed by atoms with Crippen molar-refractivity contribution in [2.24, 2.45) is 94.7 Å². The van der Waals surface area contributed by atoms with E-state index in [1.807, 2.05) is 0 Å². The molecule has 0 aliphatic heterocycles. The van der Waals surface area contributed by atoms with Gasteiger partial charge in [-0.2, -0.15) is 0 Å². The number of rotatable bonds is 3. The van der Waals surface area contributed by atoms with Gasteiger partial charge in [0.25, 0.3) is 0 Å². The maximum absolute atomic E-state index is 1.72. The Kier molecular flexibility index (Phi) is 8.98. The first kappa shape index (κ1) is 30.1. The van der Waals surface area contributed by atoms with Gasteiger partial charge in [-0.15, -0.1) is 0 Å². The standard InChI is InChI=1S/C44H72/c1-4-12-29(13-5-1)33-21-22-34-25-39-41(27-36(34)24-33)43(31-15-6-2-7-16-31)40-26-35-23-20-30-14-10-11-19-37(30)38(35)28-42(40)44(39)32-17-8-3-9-18-32/h29-44H,1-28H2. The van der Waals surface area contributed by atoms with Gasteiger partial charge in [0.05, 0.1) is 0 Å². The highest BCUT2D eigenvalue weighted by atomic mass is 14.6. The molecule has 9 rings (SSSR count). The quantitative estimate of drug-likeness (QED) is 0.302. The largest absolute Gasteiger partial charge is 0.0533 e. The maximum Gasteiger partial charge on any atom is -0.0323 e. The van der Waals surface area contributed by atoms with Crippen LogP contribution < -0.4 is 0 Å². The Morgan fingerprint density at radius 2 is 0.591 bits per heavy atom. The Hall–Kier alpha value is 0. The maximum atomic E-state index is 1.72. The van der Waals surface area contributed by atoms with Gasteiger partial charge in [-0.1, -0.05) is 116 Å². The Bertz CT molecular complexity index is 932. The SMILES string of the molecule is C1CCC(C2CCC3CC4C(CC3C2)C(C2CCCCC2)C2CC3CCC5CCCCC5C3CC2C4C2CCCCC2)CC1. The fourth-order valence-corrected chi connectivity index (χ4v) is 16.7. The molecule has 44 heavy (non-hydrogen) atoms. The summed E-state index contributed by atoms with van der Waals surface area (Å²) in [6, 6.07) is 0. The van der Waals surface area contributed by atoms with Crippen LogP contribution in [0.4, 0.5) is 0 Å². The molecule has 9 aliphatic rings. The van der Waals surface area contributed by atoms with Gasteiger partial charge in [-0.25, -0.2) is 0 Å². The van der Waals surface area contributed by atoms with Crippen LogP contribution in [0.25, 0.3) is 0 Å². The van der Waals surface area contributed by atoms with Crippen molar-refractivity contribution < 1.29 is 0 Å². The Morgan fingerprint density at radius 3 is 1.23 bits per heavy atom. The zero-order valence-electron chi connectivity index (χ0n) is 29.0. The van der Waals surface area contributed by atoms with Crippen molar-refractivity contribution in [3.63, 3.8) is 0 Å². The molecular weight excluding hydrogens is 528 g/mol. The second-order valence-electron chi connectivity index (χ2n) is 19.8. The van der Waals surface area contributed by atoms with Gasteiger partial charge >= 0.3 is 0 Å². The lowest BCUT2D eigenvalue weighted by molar-refractivity contribution is -0.162.